The molecule has 0 unspecified atom stereocenters. The summed E-state index contributed by atoms with van der Waals surface area (Å²) in [5, 5.41) is 0.129. The van der Waals surface area contributed by atoms with E-state index in [9.17, 15) is 14.0 Å². The lowest BCUT2D eigenvalue weighted by Crippen LogP contribution is -2.39. The van der Waals surface area contributed by atoms with Gasteiger partial charge in [-0.2, -0.15) is 0 Å². The molecule has 0 aliphatic carbocycles. The second-order valence-corrected chi connectivity index (χ2v) is 5.71. The van der Waals surface area contributed by atoms with Crippen molar-refractivity contribution in [3.63, 3.8) is 0 Å². The molecule has 2 aromatic rings. The number of carbonyl (C=O) groups is 2. The maximum Gasteiger partial charge on any atom is 0.303 e. The van der Waals surface area contributed by atoms with Crippen molar-refractivity contribution in [3.05, 3.63) is 17.8 Å². The lowest BCUT2D eigenvalue weighted by atomic mass is 10.1. The number of halogens is 2. The summed E-state index contributed by atoms with van der Waals surface area (Å²) in [6.45, 7) is 1.43. The van der Waals surface area contributed by atoms with Gasteiger partial charge in [-0.3, -0.25) is 14.2 Å². The molecule has 1 fully saturated rings. The number of ether oxygens (including phenoxy) is 3. The fraction of sp³-hybridized carbons (Fsp3) is 0.500. The molecule has 0 bridgehead atoms. The molecule has 4 atom stereocenters. The van der Waals surface area contributed by atoms with E-state index in [0.717, 1.165) is 0 Å². The molecule has 1 aliphatic rings. The normalized spacial score (nSPS) is 25.9. The monoisotopic (exact) mass is 372 g/mol. The summed E-state index contributed by atoms with van der Waals surface area (Å²) >= 11 is 5.97. The van der Waals surface area contributed by atoms with Gasteiger partial charge >= 0.3 is 11.9 Å². The van der Waals surface area contributed by atoms with Gasteiger partial charge in [-0.25, -0.2) is 19.3 Å². The Morgan fingerprint density at radius 2 is 1.92 bits per heavy atom. The van der Waals surface area contributed by atoms with Crippen molar-refractivity contribution in [3.8, 4) is 0 Å². The van der Waals surface area contributed by atoms with Gasteiger partial charge in [0.2, 0.25) is 0 Å². The Bertz CT molecular complexity index is 816. The number of aromatic nitrogens is 4. The minimum absolute atomic E-state index is 0.129. The first kappa shape index (κ1) is 17.5. The molecule has 1 saturated heterocycles. The predicted molar refractivity (Wildman–Crippen MR) is 81.3 cm³/mol. The van der Waals surface area contributed by atoms with E-state index in [1.165, 1.54) is 31.1 Å². The highest BCUT2D eigenvalue weighted by Crippen LogP contribution is 2.36. The Morgan fingerprint density at radius 1 is 1.24 bits per heavy atom. The van der Waals surface area contributed by atoms with Gasteiger partial charge in [-0.15, -0.1) is 0 Å². The van der Waals surface area contributed by atoms with E-state index < -0.39 is 43.2 Å². The molecule has 3 rings (SSSR count). The third-order valence-corrected chi connectivity index (χ3v) is 3.91. The van der Waals surface area contributed by atoms with Gasteiger partial charge in [0.05, 0.1) is 6.33 Å². The Kier molecular flexibility index (Phi) is 4.82. The molecular weight excluding hydrogens is 359 g/mol. The smallest absolute Gasteiger partial charge is 0.303 e. The van der Waals surface area contributed by atoms with Crippen molar-refractivity contribution in [1.29, 1.82) is 0 Å². The van der Waals surface area contributed by atoms with Gasteiger partial charge in [0, 0.05) is 13.8 Å². The number of hydrogen-bond donors (Lipinski definition) is 0. The molecule has 9 nitrogen and oxygen atoms in total. The number of esters is 2. The molecule has 0 spiro atoms. The molecule has 0 aromatic carbocycles. The molecule has 11 heteroatoms. The zero-order valence-corrected chi connectivity index (χ0v) is 14.0. The summed E-state index contributed by atoms with van der Waals surface area (Å²) in [6.07, 6.45) is -1.69. The highest BCUT2D eigenvalue weighted by atomic mass is 35.5. The predicted octanol–water partition coefficient (Wildman–Crippen LogP) is 1.21. The Hall–Kier alpha value is -2.33. The van der Waals surface area contributed by atoms with Crippen LogP contribution in [-0.4, -0.2) is 56.4 Å². The van der Waals surface area contributed by atoms with Crippen LogP contribution in [0.5, 0.6) is 0 Å². The Balaban J connectivity index is 2.04. The fourth-order valence-electron chi connectivity index (χ4n) is 2.72. The average Bonchev–Trinajstić information content (AvgIpc) is 3.10. The minimum atomic E-state index is -1.11. The van der Waals surface area contributed by atoms with E-state index in [-0.39, 0.29) is 5.15 Å². The van der Waals surface area contributed by atoms with Crippen LogP contribution in [0.15, 0.2) is 12.7 Å². The summed E-state index contributed by atoms with van der Waals surface area (Å²) in [7, 11) is 0. The summed E-state index contributed by atoms with van der Waals surface area (Å²) in [5.41, 5.74) is 0.616. The number of fused-ring (bicyclic) bond motifs is 1. The highest BCUT2D eigenvalue weighted by Gasteiger charge is 2.50. The standard InChI is InChI=1S/C14H14ClFN4O5/c1-6(21)23-10-8(3-16)25-14(11(10)24-7(2)22)20-5-19-9-12(15)17-4-18-13(9)20/h4-5,8,10-11,14H,3H2,1-2H3/t8-,10-,11-,14-/m1/s1. The van der Waals surface area contributed by atoms with Crippen molar-refractivity contribution in [2.24, 2.45) is 0 Å². The summed E-state index contributed by atoms with van der Waals surface area (Å²) < 4.78 is 30.8. The molecule has 0 radical (unpaired) electrons. The van der Waals surface area contributed by atoms with E-state index in [2.05, 4.69) is 15.0 Å². The maximum atomic E-state index is 13.4. The zero-order chi connectivity index (χ0) is 18.1. The zero-order valence-electron chi connectivity index (χ0n) is 13.3. The number of nitrogens with zero attached hydrogens (tertiary/aromatic N) is 4. The van der Waals surface area contributed by atoms with Crippen LogP contribution in [-0.2, 0) is 23.8 Å². The minimum Gasteiger partial charge on any atom is -0.455 e. The number of carbonyl (C=O) groups excluding carboxylic acids is 2. The largest absolute Gasteiger partial charge is 0.455 e. The first-order valence-corrected chi connectivity index (χ1v) is 7.69. The van der Waals surface area contributed by atoms with Crippen molar-refractivity contribution in [1.82, 2.24) is 19.5 Å². The topological polar surface area (TPSA) is 105 Å². The van der Waals surface area contributed by atoms with Gasteiger partial charge in [0.1, 0.15) is 24.6 Å². The first-order valence-electron chi connectivity index (χ1n) is 7.31. The maximum absolute atomic E-state index is 13.4. The molecule has 1 aliphatic heterocycles. The number of alkyl halides is 1. The number of imidazole rings is 1. The SMILES string of the molecule is CC(=O)O[C@@H]1[C@H](OC(C)=O)[C@@H](CF)O[C@H]1n1cnc2c(Cl)ncnc21. The molecule has 0 amide bonds. The van der Waals surface area contributed by atoms with Gasteiger partial charge in [-0.1, -0.05) is 11.6 Å². The van der Waals surface area contributed by atoms with E-state index >= 15 is 0 Å². The van der Waals surface area contributed by atoms with Crippen LogP contribution in [0.2, 0.25) is 5.15 Å². The third-order valence-electron chi connectivity index (χ3n) is 3.63. The molecule has 3 heterocycles. The third kappa shape index (κ3) is 3.27. The molecule has 134 valence electrons. The van der Waals surface area contributed by atoms with Crippen LogP contribution in [0.3, 0.4) is 0 Å². The molecule has 0 N–H and O–H groups in total. The van der Waals surface area contributed by atoms with Crippen molar-refractivity contribution >= 4 is 34.7 Å². The lowest BCUT2D eigenvalue weighted by molar-refractivity contribution is -0.165. The van der Waals surface area contributed by atoms with Gasteiger partial charge in [-0.05, 0) is 0 Å². The molecule has 0 saturated carbocycles. The summed E-state index contributed by atoms with van der Waals surface area (Å²) in [6, 6.07) is 0. The van der Waals surface area contributed by atoms with Crippen LogP contribution in [0.1, 0.15) is 20.1 Å². The van der Waals surface area contributed by atoms with Crippen LogP contribution in [0.25, 0.3) is 11.2 Å². The van der Waals surface area contributed by atoms with Crippen LogP contribution < -0.4 is 0 Å². The number of rotatable bonds is 4. The van der Waals surface area contributed by atoms with E-state index in [0.29, 0.717) is 11.2 Å². The van der Waals surface area contributed by atoms with Crippen molar-refractivity contribution in [2.75, 3.05) is 6.67 Å². The van der Waals surface area contributed by atoms with E-state index in [1.807, 2.05) is 0 Å². The number of hydrogen-bond acceptors (Lipinski definition) is 8. The summed E-state index contributed by atoms with van der Waals surface area (Å²) in [5.74, 6) is -1.28. The molecule has 2 aromatic heterocycles. The highest BCUT2D eigenvalue weighted by molar-refractivity contribution is 6.33. The Morgan fingerprint density at radius 3 is 2.56 bits per heavy atom. The van der Waals surface area contributed by atoms with Gasteiger partial charge in [0.25, 0.3) is 0 Å². The van der Waals surface area contributed by atoms with Crippen LogP contribution >= 0.6 is 11.6 Å². The van der Waals surface area contributed by atoms with E-state index in [4.69, 9.17) is 25.8 Å². The van der Waals surface area contributed by atoms with Gasteiger partial charge < -0.3 is 14.2 Å². The van der Waals surface area contributed by atoms with Crippen LogP contribution in [0, 0.1) is 0 Å². The second-order valence-electron chi connectivity index (χ2n) is 5.36. The van der Waals surface area contributed by atoms with E-state index in [1.54, 1.807) is 0 Å². The second kappa shape index (κ2) is 6.89. The Labute approximate surface area is 146 Å². The fourth-order valence-corrected chi connectivity index (χ4v) is 2.89. The van der Waals surface area contributed by atoms with Crippen LogP contribution in [0.4, 0.5) is 4.39 Å². The summed E-state index contributed by atoms with van der Waals surface area (Å²) in [4.78, 5) is 34.8. The first-order chi connectivity index (χ1) is 11.9. The molecule has 25 heavy (non-hydrogen) atoms. The molecular formula is C14H14ClFN4O5. The average molecular weight is 373 g/mol. The quantitative estimate of drug-likeness (QED) is 0.582. The lowest BCUT2D eigenvalue weighted by Gasteiger charge is -2.23. The van der Waals surface area contributed by atoms with Gasteiger partial charge in [0.15, 0.2) is 29.2 Å². The van der Waals surface area contributed by atoms with Crippen molar-refractivity contribution < 1.29 is 28.2 Å². The van der Waals surface area contributed by atoms with Crippen molar-refractivity contribution in [2.45, 2.75) is 38.4 Å².